The van der Waals surface area contributed by atoms with Crippen LogP contribution in [0, 0.1) is 0 Å². The fourth-order valence-electron chi connectivity index (χ4n) is 1.44. The summed E-state index contributed by atoms with van der Waals surface area (Å²) in [5.74, 6) is -0.0708. The lowest BCUT2D eigenvalue weighted by atomic mass is 10.3. The molecule has 0 unspecified atom stereocenters. The minimum Gasteiger partial charge on any atom is -0.459 e. The van der Waals surface area contributed by atoms with E-state index in [4.69, 9.17) is 9.15 Å². The minimum atomic E-state index is -0.357. The number of carbonyl (C=O) groups excluding carboxylic acids is 2. The van der Waals surface area contributed by atoms with Crippen LogP contribution in [0.1, 0.15) is 23.9 Å². The first kappa shape index (κ1) is 12.9. The van der Waals surface area contributed by atoms with E-state index in [2.05, 4.69) is 5.32 Å². The molecule has 2 rings (SSSR count). The van der Waals surface area contributed by atoms with Crippen LogP contribution in [0.5, 0.6) is 5.75 Å². The summed E-state index contributed by atoms with van der Waals surface area (Å²) in [7, 11) is 0. The second-order valence-corrected chi connectivity index (χ2v) is 3.79. The second-order valence-electron chi connectivity index (χ2n) is 3.79. The molecular formula is C14H13NO4. The highest BCUT2D eigenvalue weighted by Crippen LogP contribution is 2.18. The molecule has 1 heterocycles. The van der Waals surface area contributed by atoms with Crippen molar-refractivity contribution in [3.8, 4) is 5.75 Å². The fourth-order valence-corrected chi connectivity index (χ4v) is 1.44. The molecular weight excluding hydrogens is 246 g/mol. The van der Waals surface area contributed by atoms with E-state index < -0.39 is 0 Å². The van der Waals surface area contributed by atoms with E-state index in [1.807, 2.05) is 0 Å². The summed E-state index contributed by atoms with van der Waals surface area (Å²) in [6.45, 7) is 1.71. The van der Waals surface area contributed by atoms with Gasteiger partial charge in [0.25, 0.3) is 5.91 Å². The zero-order valence-corrected chi connectivity index (χ0v) is 10.4. The Kier molecular flexibility index (Phi) is 3.97. The van der Waals surface area contributed by atoms with Crippen molar-refractivity contribution in [2.45, 2.75) is 13.3 Å². The van der Waals surface area contributed by atoms with E-state index in [0.29, 0.717) is 17.9 Å². The summed E-state index contributed by atoms with van der Waals surface area (Å²) >= 11 is 0. The molecule has 0 saturated carbocycles. The molecule has 1 N–H and O–H groups in total. The van der Waals surface area contributed by atoms with Gasteiger partial charge in [0, 0.05) is 18.2 Å². The van der Waals surface area contributed by atoms with Gasteiger partial charge in [0.05, 0.1) is 6.26 Å². The van der Waals surface area contributed by atoms with Crippen LogP contribution in [0.4, 0.5) is 5.69 Å². The Labute approximate surface area is 110 Å². The van der Waals surface area contributed by atoms with Gasteiger partial charge in [0.2, 0.25) is 0 Å². The van der Waals surface area contributed by atoms with Crippen LogP contribution in [-0.4, -0.2) is 11.9 Å². The Balaban J connectivity index is 2.07. The van der Waals surface area contributed by atoms with Gasteiger partial charge in [-0.05, 0) is 24.3 Å². The van der Waals surface area contributed by atoms with Crippen molar-refractivity contribution in [2.75, 3.05) is 5.32 Å². The lowest BCUT2D eigenvalue weighted by Crippen LogP contribution is -2.11. The molecule has 1 aromatic carbocycles. The average Bonchev–Trinajstić information content (AvgIpc) is 2.93. The molecule has 2 aromatic rings. The lowest BCUT2D eigenvalue weighted by molar-refractivity contribution is -0.134. The van der Waals surface area contributed by atoms with Gasteiger partial charge in [-0.2, -0.15) is 0 Å². The first-order valence-electron chi connectivity index (χ1n) is 5.84. The second kappa shape index (κ2) is 5.86. The Morgan fingerprint density at radius 2 is 2.11 bits per heavy atom. The molecule has 0 saturated heterocycles. The summed E-state index contributed by atoms with van der Waals surface area (Å²) in [6.07, 6.45) is 1.72. The third-order valence-electron chi connectivity index (χ3n) is 2.36. The van der Waals surface area contributed by atoms with E-state index in [1.54, 1.807) is 43.3 Å². The van der Waals surface area contributed by atoms with Crippen molar-refractivity contribution in [3.05, 3.63) is 48.4 Å². The topological polar surface area (TPSA) is 68.5 Å². The maximum Gasteiger partial charge on any atom is 0.310 e. The van der Waals surface area contributed by atoms with E-state index in [9.17, 15) is 9.59 Å². The van der Waals surface area contributed by atoms with Crippen LogP contribution in [-0.2, 0) is 4.79 Å². The molecule has 1 amide bonds. The molecule has 0 spiro atoms. The first-order valence-corrected chi connectivity index (χ1v) is 5.84. The zero-order chi connectivity index (χ0) is 13.7. The van der Waals surface area contributed by atoms with E-state index in [0.717, 1.165) is 0 Å². The molecule has 0 radical (unpaired) electrons. The number of nitrogens with one attached hydrogen (secondary N) is 1. The number of hydrogen-bond donors (Lipinski definition) is 1. The average molecular weight is 259 g/mol. The normalized spacial score (nSPS) is 9.95. The standard InChI is InChI=1S/C14H13NO4/c1-2-13(16)19-11-6-3-5-10(9-11)15-14(17)12-7-4-8-18-12/h3-9H,2H2,1H3,(H,15,17). The molecule has 5 nitrogen and oxygen atoms in total. The number of anilines is 1. The van der Waals surface area contributed by atoms with E-state index in [-0.39, 0.29) is 17.6 Å². The predicted molar refractivity (Wildman–Crippen MR) is 69.0 cm³/mol. The first-order chi connectivity index (χ1) is 9.19. The minimum absolute atomic E-state index is 0.218. The summed E-state index contributed by atoms with van der Waals surface area (Å²) < 4.78 is 10.0. The largest absolute Gasteiger partial charge is 0.459 e. The van der Waals surface area contributed by atoms with Gasteiger partial charge in [-0.15, -0.1) is 0 Å². The molecule has 0 aliphatic carbocycles. The van der Waals surface area contributed by atoms with Crippen molar-refractivity contribution in [1.82, 2.24) is 0 Å². The van der Waals surface area contributed by atoms with Gasteiger partial charge in [-0.1, -0.05) is 13.0 Å². The molecule has 98 valence electrons. The van der Waals surface area contributed by atoms with Crippen LogP contribution in [0.15, 0.2) is 47.1 Å². The molecule has 0 bridgehead atoms. The molecule has 19 heavy (non-hydrogen) atoms. The third kappa shape index (κ3) is 3.45. The van der Waals surface area contributed by atoms with Gasteiger partial charge in [-0.25, -0.2) is 0 Å². The van der Waals surface area contributed by atoms with E-state index in [1.165, 1.54) is 6.26 Å². The Morgan fingerprint density at radius 3 is 2.79 bits per heavy atom. The number of ether oxygens (including phenoxy) is 1. The molecule has 5 heteroatoms. The smallest absolute Gasteiger partial charge is 0.310 e. The van der Waals surface area contributed by atoms with Crippen LogP contribution in [0.3, 0.4) is 0 Å². The molecule has 0 aliphatic heterocycles. The third-order valence-corrected chi connectivity index (χ3v) is 2.36. The highest BCUT2D eigenvalue weighted by Gasteiger charge is 2.09. The van der Waals surface area contributed by atoms with Crippen molar-refractivity contribution in [2.24, 2.45) is 0 Å². The van der Waals surface area contributed by atoms with Crippen molar-refractivity contribution < 1.29 is 18.7 Å². The van der Waals surface area contributed by atoms with Gasteiger partial charge < -0.3 is 14.5 Å². The Morgan fingerprint density at radius 1 is 1.26 bits per heavy atom. The number of benzene rings is 1. The SMILES string of the molecule is CCC(=O)Oc1cccc(NC(=O)c2ccco2)c1. The number of esters is 1. The molecule has 0 aliphatic rings. The lowest BCUT2D eigenvalue weighted by Gasteiger charge is -2.06. The van der Waals surface area contributed by atoms with Gasteiger partial charge in [-0.3, -0.25) is 9.59 Å². The zero-order valence-electron chi connectivity index (χ0n) is 10.4. The predicted octanol–water partition coefficient (Wildman–Crippen LogP) is 2.85. The molecule has 0 atom stereocenters. The van der Waals surface area contributed by atoms with E-state index >= 15 is 0 Å². The highest BCUT2D eigenvalue weighted by atomic mass is 16.5. The monoisotopic (exact) mass is 259 g/mol. The van der Waals surface area contributed by atoms with Crippen molar-refractivity contribution >= 4 is 17.6 Å². The molecule has 0 fully saturated rings. The maximum atomic E-state index is 11.8. The van der Waals surface area contributed by atoms with Crippen molar-refractivity contribution in [1.29, 1.82) is 0 Å². The summed E-state index contributed by atoms with van der Waals surface area (Å²) in [5, 5.41) is 2.65. The highest BCUT2D eigenvalue weighted by molar-refractivity contribution is 6.02. The van der Waals surface area contributed by atoms with Crippen LogP contribution in [0.2, 0.25) is 0 Å². The van der Waals surface area contributed by atoms with Crippen LogP contribution < -0.4 is 10.1 Å². The number of amides is 1. The quantitative estimate of drug-likeness (QED) is 0.677. The number of carbonyl (C=O) groups is 2. The molecule has 1 aromatic heterocycles. The van der Waals surface area contributed by atoms with Crippen molar-refractivity contribution in [3.63, 3.8) is 0 Å². The summed E-state index contributed by atoms with van der Waals surface area (Å²) in [5.41, 5.74) is 0.530. The van der Waals surface area contributed by atoms with Gasteiger partial charge in [0.15, 0.2) is 5.76 Å². The van der Waals surface area contributed by atoms with Gasteiger partial charge in [0.1, 0.15) is 5.75 Å². The van der Waals surface area contributed by atoms with Gasteiger partial charge >= 0.3 is 5.97 Å². The summed E-state index contributed by atoms with van der Waals surface area (Å²) in [4.78, 5) is 22.9. The van der Waals surface area contributed by atoms with Crippen LogP contribution >= 0.6 is 0 Å². The van der Waals surface area contributed by atoms with Crippen LogP contribution in [0.25, 0.3) is 0 Å². The number of rotatable bonds is 4. The number of furan rings is 1. The Hall–Kier alpha value is -2.56. The Bertz CT molecular complexity index is 575. The number of hydrogen-bond acceptors (Lipinski definition) is 4. The maximum absolute atomic E-state index is 11.8. The fraction of sp³-hybridized carbons (Fsp3) is 0.143. The summed E-state index contributed by atoms with van der Waals surface area (Å²) in [6, 6.07) is 9.81.